The first-order chi connectivity index (χ1) is 9.62. The average Bonchev–Trinajstić information content (AvgIpc) is 2.42. The van der Waals surface area contributed by atoms with Crippen molar-refractivity contribution < 1.29 is 19.1 Å². The van der Waals surface area contributed by atoms with E-state index in [1.54, 1.807) is 11.8 Å². The van der Waals surface area contributed by atoms with Crippen molar-refractivity contribution in [3.8, 4) is 0 Å². The Labute approximate surface area is 125 Å². The zero-order valence-corrected chi connectivity index (χ0v) is 13.4. The van der Waals surface area contributed by atoms with Crippen LogP contribution < -0.4 is 0 Å². The van der Waals surface area contributed by atoms with Gasteiger partial charge in [0.1, 0.15) is 6.10 Å². The number of rotatable bonds is 5. The van der Waals surface area contributed by atoms with Crippen LogP contribution >= 0.6 is 11.8 Å². The van der Waals surface area contributed by atoms with Gasteiger partial charge in [-0.25, -0.2) is 4.79 Å². The molecule has 1 rings (SSSR count). The average molecular weight is 303 g/mol. The molecule has 2 unspecified atom stereocenters. The Bertz CT molecular complexity index is 320. The topological polar surface area (TPSA) is 55.8 Å². The van der Waals surface area contributed by atoms with E-state index in [1.807, 2.05) is 13.8 Å². The van der Waals surface area contributed by atoms with E-state index in [4.69, 9.17) is 9.47 Å². The lowest BCUT2D eigenvalue weighted by Crippen LogP contribution is -2.36. The van der Waals surface area contributed by atoms with Gasteiger partial charge in [-0.2, -0.15) is 0 Å². The van der Waals surface area contributed by atoms with Crippen LogP contribution in [0.2, 0.25) is 0 Å². The first-order valence-corrected chi connectivity index (χ1v) is 8.29. The van der Waals surface area contributed by atoms with Gasteiger partial charge in [-0.05, 0) is 40.0 Å². The summed E-state index contributed by atoms with van der Waals surface area (Å²) in [6.07, 6.45) is 2.98. The Balaban J connectivity index is 2.55. The molecule has 0 aromatic heterocycles. The highest BCUT2D eigenvalue weighted by Gasteiger charge is 2.32. The summed E-state index contributed by atoms with van der Waals surface area (Å²) in [6, 6.07) is 0. The van der Waals surface area contributed by atoms with Gasteiger partial charge in [-0.1, -0.05) is 18.2 Å². The summed E-state index contributed by atoms with van der Waals surface area (Å²) in [5, 5.41) is 0.112. The van der Waals surface area contributed by atoms with Gasteiger partial charge < -0.3 is 14.4 Å². The maximum Gasteiger partial charge on any atom is 0.508 e. The highest BCUT2D eigenvalue weighted by Crippen LogP contribution is 2.32. The molecule has 0 saturated heterocycles. The zero-order chi connectivity index (χ0) is 15.0. The van der Waals surface area contributed by atoms with Gasteiger partial charge in [-0.15, -0.1) is 0 Å². The smallest absolute Gasteiger partial charge is 0.435 e. The highest BCUT2D eigenvalue weighted by atomic mass is 32.2. The van der Waals surface area contributed by atoms with E-state index in [0.717, 1.165) is 25.7 Å². The molecule has 1 amide bonds. The summed E-state index contributed by atoms with van der Waals surface area (Å²) < 4.78 is 10.2. The van der Waals surface area contributed by atoms with E-state index in [-0.39, 0.29) is 16.6 Å². The number of hydrogen-bond acceptors (Lipinski definition) is 5. The molecule has 5 nitrogen and oxygen atoms in total. The van der Waals surface area contributed by atoms with Crippen molar-refractivity contribution in [2.24, 2.45) is 0 Å². The van der Waals surface area contributed by atoms with Gasteiger partial charge >= 0.3 is 6.16 Å². The van der Waals surface area contributed by atoms with Crippen molar-refractivity contribution in [1.29, 1.82) is 0 Å². The predicted molar refractivity (Wildman–Crippen MR) is 80.1 cm³/mol. The Morgan fingerprint density at radius 1 is 1.15 bits per heavy atom. The summed E-state index contributed by atoms with van der Waals surface area (Å²) in [6.45, 7) is 7.40. The van der Waals surface area contributed by atoms with E-state index in [2.05, 4.69) is 0 Å². The SMILES string of the molecule is CCOC(=O)OC1CCCCC1SC(=O)N(CC)CC. The summed E-state index contributed by atoms with van der Waals surface area (Å²) in [5.74, 6) is 0. The van der Waals surface area contributed by atoms with Gasteiger partial charge in [0.05, 0.1) is 11.9 Å². The summed E-state index contributed by atoms with van der Waals surface area (Å²) in [5.41, 5.74) is 0. The Hall–Kier alpha value is -0.910. The molecule has 1 aliphatic rings. The van der Waals surface area contributed by atoms with Gasteiger partial charge in [0.15, 0.2) is 0 Å². The third-order valence-electron chi connectivity index (χ3n) is 3.43. The zero-order valence-electron chi connectivity index (χ0n) is 12.6. The fourth-order valence-corrected chi connectivity index (χ4v) is 3.59. The predicted octanol–water partition coefficient (Wildman–Crippen LogP) is 3.67. The fourth-order valence-electron chi connectivity index (χ4n) is 2.29. The number of amides is 1. The van der Waals surface area contributed by atoms with E-state index < -0.39 is 6.16 Å². The van der Waals surface area contributed by atoms with Crippen LogP contribution in [0.15, 0.2) is 0 Å². The molecule has 1 aliphatic carbocycles. The second-order valence-electron chi connectivity index (χ2n) is 4.72. The second kappa shape index (κ2) is 9.10. The summed E-state index contributed by atoms with van der Waals surface area (Å²) >= 11 is 1.30. The van der Waals surface area contributed by atoms with E-state index >= 15 is 0 Å². The molecule has 0 aliphatic heterocycles. The summed E-state index contributed by atoms with van der Waals surface area (Å²) in [4.78, 5) is 25.4. The third-order valence-corrected chi connectivity index (χ3v) is 4.73. The number of ether oxygens (including phenoxy) is 2. The van der Waals surface area contributed by atoms with Crippen molar-refractivity contribution in [2.75, 3.05) is 19.7 Å². The first-order valence-electron chi connectivity index (χ1n) is 7.41. The van der Waals surface area contributed by atoms with Crippen molar-refractivity contribution in [3.63, 3.8) is 0 Å². The Morgan fingerprint density at radius 3 is 2.40 bits per heavy atom. The van der Waals surface area contributed by atoms with Crippen LogP contribution in [0.25, 0.3) is 0 Å². The number of thioether (sulfide) groups is 1. The van der Waals surface area contributed by atoms with Crippen molar-refractivity contribution >= 4 is 23.2 Å². The molecule has 1 saturated carbocycles. The van der Waals surface area contributed by atoms with E-state index in [9.17, 15) is 9.59 Å². The first kappa shape index (κ1) is 17.1. The summed E-state index contributed by atoms with van der Waals surface area (Å²) in [7, 11) is 0. The van der Waals surface area contributed by atoms with Crippen molar-refractivity contribution in [3.05, 3.63) is 0 Å². The van der Waals surface area contributed by atoms with Crippen LogP contribution in [0.4, 0.5) is 9.59 Å². The van der Waals surface area contributed by atoms with Crippen molar-refractivity contribution in [2.45, 2.75) is 57.8 Å². The molecule has 0 bridgehead atoms. The molecule has 2 atom stereocenters. The van der Waals surface area contributed by atoms with Crippen LogP contribution in [0, 0.1) is 0 Å². The minimum absolute atomic E-state index is 0.0428. The molecule has 0 heterocycles. The third kappa shape index (κ3) is 5.23. The molecule has 6 heteroatoms. The highest BCUT2D eigenvalue weighted by molar-refractivity contribution is 8.14. The van der Waals surface area contributed by atoms with Crippen LogP contribution in [-0.4, -0.2) is 47.3 Å². The van der Waals surface area contributed by atoms with Gasteiger partial charge in [0.25, 0.3) is 5.24 Å². The second-order valence-corrected chi connectivity index (χ2v) is 5.91. The standard InChI is InChI=1S/C14H25NO4S/c1-4-15(5-2)13(16)20-12-10-8-7-9-11(12)19-14(17)18-6-3/h11-12H,4-10H2,1-3H3. The van der Waals surface area contributed by atoms with Crippen molar-refractivity contribution in [1.82, 2.24) is 4.90 Å². The minimum Gasteiger partial charge on any atom is -0.435 e. The van der Waals surface area contributed by atoms with Crippen LogP contribution in [-0.2, 0) is 9.47 Å². The number of carbonyl (C=O) groups is 2. The molecular formula is C14H25NO4S. The van der Waals surface area contributed by atoms with Crippen LogP contribution in [0.1, 0.15) is 46.5 Å². The van der Waals surface area contributed by atoms with Crippen LogP contribution in [0.3, 0.4) is 0 Å². The van der Waals surface area contributed by atoms with Crippen LogP contribution in [0.5, 0.6) is 0 Å². The lowest BCUT2D eigenvalue weighted by molar-refractivity contribution is 0.0163. The van der Waals surface area contributed by atoms with Gasteiger partial charge in [-0.3, -0.25) is 4.79 Å². The molecule has 1 fully saturated rings. The Morgan fingerprint density at radius 2 is 1.80 bits per heavy atom. The molecule has 116 valence electrons. The van der Waals surface area contributed by atoms with Gasteiger partial charge in [0.2, 0.25) is 0 Å². The van der Waals surface area contributed by atoms with Gasteiger partial charge in [0, 0.05) is 13.1 Å². The molecule has 0 aromatic carbocycles. The molecule has 0 N–H and O–H groups in total. The number of carbonyl (C=O) groups excluding carboxylic acids is 2. The quantitative estimate of drug-likeness (QED) is 0.725. The maximum atomic E-state index is 12.1. The largest absolute Gasteiger partial charge is 0.508 e. The number of nitrogens with zero attached hydrogens (tertiary/aromatic N) is 1. The monoisotopic (exact) mass is 303 g/mol. The molecule has 0 spiro atoms. The molecule has 20 heavy (non-hydrogen) atoms. The molecule has 0 radical (unpaired) electrons. The number of hydrogen-bond donors (Lipinski definition) is 0. The Kier molecular flexibility index (Phi) is 7.80. The normalized spacial score (nSPS) is 22.1. The lowest BCUT2D eigenvalue weighted by atomic mass is 9.97. The minimum atomic E-state index is -0.625. The molecular weight excluding hydrogens is 278 g/mol. The lowest BCUT2D eigenvalue weighted by Gasteiger charge is -2.31. The molecule has 0 aromatic rings. The fraction of sp³-hybridized carbons (Fsp3) is 0.857. The van der Waals surface area contributed by atoms with E-state index in [0.29, 0.717) is 19.7 Å². The van der Waals surface area contributed by atoms with E-state index in [1.165, 1.54) is 11.8 Å². The maximum absolute atomic E-state index is 12.1.